The maximum absolute atomic E-state index is 13.2. The Morgan fingerprint density at radius 1 is 1.27 bits per heavy atom. The van der Waals surface area contributed by atoms with Crippen molar-refractivity contribution in [2.75, 3.05) is 12.8 Å². The molecule has 1 N–H and O–H groups in total. The summed E-state index contributed by atoms with van der Waals surface area (Å²) in [6.07, 6.45) is 3.40. The van der Waals surface area contributed by atoms with Crippen LogP contribution in [0.2, 0.25) is 0 Å². The van der Waals surface area contributed by atoms with Crippen LogP contribution in [0.5, 0.6) is 0 Å². The number of carbonyl (C=O) groups is 1. The number of rotatable bonds is 7. The van der Waals surface area contributed by atoms with Crippen molar-refractivity contribution in [2.24, 2.45) is 5.16 Å². The molecule has 0 fully saturated rings. The highest BCUT2D eigenvalue weighted by molar-refractivity contribution is 7.98. The minimum atomic E-state index is -0.253. The Morgan fingerprint density at radius 3 is 2.81 bits per heavy atom. The van der Waals surface area contributed by atoms with Crippen molar-refractivity contribution in [2.45, 2.75) is 30.3 Å². The van der Waals surface area contributed by atoms with E-state index in [1.54, 1.807) is 17.8 Å². The topological polar surface area (TPSA) is 50.7 Å². The van der Waals surface area contributed by atoms with E-state index in [1.807, 2.05) is 36.6 Å². The molecule has 1 aliphatic rings. The smallest absolute Gasteiger partial charge is 0.224 e. The van der Waals surface area contributed by atoms with E-state index in [1.165, 1.54) is 17.0 Å². The number of nitrogens with zero attached hydrogens (tertiary/aromatic N) is 1. The first-order valence-electron chi connectivity index (χ1n) is 8.48. The van der Waals surface area contributed by atoms with Crippen LogP contribution in [0.1, 0.15) is 17.5 Å². The maximum Gasteiger partial charge on any atom is 0.224 e. The van der Waals surface area contributed by atoms with Crippen LogP contribution >= 0.6 is 11.8 Å². The predicted octanol–water partition coefficient (Wildman–Crippen LogP) is 3.59. The molecule has 0 unspecified atom stereocenters. The fourth-order valence-electron chi connectivity index (χ4n) is 2.80. The van der Waals surface area contributed by atoms with Crippen LogP contribution in [0.25, 0.3) is 0 Å². The summed E-state index contributed by atoms with van der Waals surface area (Å²) in [4.78, 5) is 18.6. The van der Waals surface area contributed by atoms with Crippen LogP contribution in [-0.4, -0.2) is 30.5 Å². The van der Waals surface area contributed by atoms with Gasteiger partial charge in [-0.15, -0.1) is 11.8 Å². The molecule has 2 aromatic rings. The molecule has 1 amide bonds. The van der Waals surface area contributed by atoms with Crippen molar-refractivity contribution in [1.82, 2.24) is 5.32 Å². The van der Waals surface area contributed by atoms with Crippen molar-refractivity contribution in [1.29, 1.82) is 0 Å². The highest BCUT2D eigenvalue weighted by atomic mass is 32.2. The number of carbonyl (C=O) groups excluding carboxylic acids is 1. The molecule has 1 atom stereocenters. The van der Waals surface area contributed by atoms with Crippen LogP contribution in [0.3, 0.4) is 0 Å². The van der Waals surface area contributed by atoms with Gasteiger partial charge >= 0.3 is 0 Å². The zero-order valence-electron chi connectivity index (χ0n) is 14.6. The zero-order chi connectivity index (χ0) is 18.4. The van der Waals surface area contributed by atoms with Gasteiger partial charge in [-0.05, 0) is 41.6 Å². The van der Waals surface area contributed by atoms with E-state index in [2.05, 4.69) is 10.5 Å². The lowest BCUT2D eigenvalue weighted by Gasteiger charge is -2.10. The summed E-state index contributed by atoms with van der Waals surface area (Å²) in [5.41, 5.74) is 2.71. The molecular formula is C20H21FN2O2S. The van der Waals surface area contributed by atoms with Crippen molar-refractivity contribution in [3.05, 3.63) is 65.5 Å². The van der Waals surface area contributed by atoms with Gasteiger partial charge < -0.3 is 10.2 Å². The van der Waals surface area contributed by atoms with Crippen molar-refractivity contribution < 1.29 is 14.0 Å². The minimum absolute atomic E-state index is 0.0379. The van der Waals surface area contributed by atoms with Gasteiger partial charge in [0.15, 0.2) is 0 Å². The average molecular weight is 372 g/mol. The number of hydrogen-bond acceptors (Lipinski definition) is 4. The molecule has 6 heteroatoms. The SMILES string of the molecule is CSc1ccc(CC(=O)NC[C@H]2CC(Cc3cccc(F)c3)=NO2)cc1. The third kappa shape index (κ3) is 5.33. The summed E-state index contributed by atoms with van der Waals surface area (Å²) < 4.78 is 13.2. The Morgan fingerprint density at radius 2 is 2.08 bits per heavy atom. The van der Waals surface area contributed by atoms with Gasteiger partial charge in [-0.25, -0.2) is 4.39 Å². The Kier molecular flexibility index (Phi) is 6.28. The second-order valence-corrected chi connectivity index (χ2v) is 7.10. The minimum Gasteiger partial charge on any atom is -0.390 e. The van der Waals surface area contributed by atoms with Crippen molar-refractivity contribution in [3.63, 3.8) is 0 Å². The number of nitrogens with one attached hydrogen (secondary N) is 1. The number of halogens is 1. The van der Waals surface area contributed by atoms with Crippen LogP contribution in [-0.2, 0) is 22.5 Å². The van der Waals surface area contributed by atoms with Crippen LogP contribution in [0.4, 0.5) is 4.39 Å². The summed E-state index contributed by atoms with van der Waals surface area (Å²) in [6, 6.07) is 14.4. The Hall–Kier alpha value is -2.34. The van der Waals surface area contributed by atoms with Crippen LogP contribution in [0.15, 0.2) is 58.6 Å². The number of oxime groups is 1. The molecule has 0 radical (unpaired) electrons. The first kappa shape index (κ1) is 18.5. The summed E-state index contributed by atoms with van der Waals surface area (Å²) in [7, 11) is 0. The zero-order valence-corrected chi connectivity index (χ0v) is 15.4. The van der Waals surface area contributed by atoms with Crippen LogP contribution in [0, 0.1) is 5.82 Å². The highest BCUT2D eigenvalue weighted by Gasteiger charge is 2.21. The molecule has 0 bridgehead atoms. The molecule has 4 nitrogen and oxygen atoms in total. The molecule has 1 heterocycles. The first-order chi connectivity index (χ1) is 12.6. The molecule has 3 rings (SSSR count). The highest BCUT2D eigenvalue weighted by Crippen LogP contribution is 2.16. The van der Waals surface area contributed by atoms with Gasteiger partial charge in [0.2, 0.25) is 5.91 Å². The average Bonchev–Trinajstić information content (AvgIpc) is 3.08. The number of amides is 1. The first-order valence-corrected chi connectivity index (χ1v) is 9.70. The molecular weight excluding hydrogens is 351 g/mol. The van der Waals surface area contributed by atoms with E-state index >= 15 is 0 Å². The van der Waals surface area contributed by atoms with Gasteiger partial charge in [0.1, 0.15) is 11.9 Å². The molecule has 0 aromatic heterocycles. The number of thioether (sulfide) groups is 1. The molecule has 0 saturated carbocycles. The monoisotopic (exact) mass is 372 g/mol. The van der Waals surface area contributed by atoms with E-state index in [4.69, 9.17) is 4.84 Å². The molecule has 0 aliphatic carbocycles. The Bertz CT molecular complexity index is 793. The molecule has 0 saturated heterocycles. The third-order valence-electron chi connectivity index (χ3n) is 4.14. The van der Waals surface area contributed by atoms with E-state index in [-0.39, 0.29) is 17.8 Å². The summed E-state index contributed by atoms with van der Waals surface area (Å²) in [5.74, 6) is -0.291. The van der Waals surface area contributed by atoms with Gasteiger partial charge in [0.25, 0.3) is 0 Å². The van der Waals surface area contributed by atoms with E-state index < -0.39 is 0 Å². The van der Waals surface area contributed by atoms with E-state index in [9.17, 15) is 9.18 Å². The number of benzene rings is 2. The summed E-state index contributed by atoms with van der Waals surface area (Å²) >= 11 is 1.67. The van der Waals surface area contributed by atoms with Gasteiger partial charge in [-0.1, -0.05) is 29.4 Å². The summed E-state index contributed by atoms with van der Waals surface area (Å²) in [6.45, 7) is 0.415. The van der Waals surface area contributed by atoms with Crippen molar-refractivity contribution in [3.8, 4) is 0 Å². The lowest BCUT2D eigenvalue weighted by Crippen LogP contribution is -2.33. The van der Waals surface area contributed by atoms with Crippen molar-refractivity contribution >= 4 is 23.4 Å². The second-order valence-electron chi connectivity index (χ2n) is 6.22. The molecule has 1 aliphatic heterocycles. The standard InChI is InChI=1S/C20H21FN2O2S/c1-26-19-7-5-14(6-8-19)11-20(24)22-13-18-12-17(23-25-18)10-15-3-2-4-16(21)9-15/h2-9,18H,10-13H2,1H3,(H,22,24)/t18-/m1/s1. The molecule has 2 aromatic carbocycles. The number of hydrogen-bond donors (Lipinski definition) is 1. The van der Waals surface area contributed by atoms with E-state index in [0.29, 0.717) is 25.8 Å². The van der Waals surface area contributed by atoms with Gasteiger partial charge in [0, 0.05) is 17.7 Å². The lowest BCUT2D eigenvalue weighted by molar-refractivity contribution is -0.121. The molecule has 26 heavy (non-hydrogen) atoms. The van der Waals surface area contributed by atoms with Crippen LogP contribution < -0.4 is 5.32 Å². The Balaban J connectivity index is 1.41. The maximum atomic E-state index is 13.2. The predicted molar refractivity (Wildman–Crippen MR) is 102 cm³/mol. The van der Waals surface area contributed by atoms with Gasteiger partial charge in [0.05, 0.1) is 18.7 Å². The largest absolute Gasteiger partial charge is 0.390 e. The molecule has 136 valence electrons. The second kappa shape index (κ2) is 8.85. The fourth-order valence-corrected chi connectivity index (χ4v) is 3.21. The molecule has 0 spiro atoms. The van der Waals surface area contributed by atoms with E-state index in [0.717, 1.165) is 16.8 Å². The third-order valence-corrected chi connectivity index (χ3v) is 4.89. The lowest BCUT2D eigenvalue weighted by atomic mass is 10.0. The van der Waals surface area contributed by atoms with Gasteiger partial charge in [-0.2, -0.15) is 0 Å². The van der Waals surface area contributed by atoms with Gasteiger partial charge in [-0.3, -0.25) is 4.79 Å². The fraction of sp³-hybridized carbons (Fsp3) is 0.300. The normalized spacial score (nSPS) is 16.1. The quantitative estimate of drug-likeness (QED) is 0.756. The summed E-state index contributed by atoms with van der Waals surface area (Å²) in [5, 5.41) is 6.96. The Labute approximate surface area is 156 Å².